The fourth-order valence-electron chi connectivity index (χ4n) is 2.45. The summed E-state index contributed by atoms with van der Waals surface area (Å²) in [4.78, 5) is 34.8. The van der Waals surface area contributed by atoms with Crippen molar-refractivity contribution in [3.8, 4) is 5.75 Å². The molecule has 150 valence electrons. The third-order valence-electron chi connectivity index (χ3n) is 3.79. The summed E-state index contributed by atoms with van der Waals surface area (Å²) in [7, 11) is 1.35. The van der Waals surface area contributed by atoms with Gasteiger partial charge in [0, 0.05) is 10.1 Å². The van der Waals surface area contributed by atoms with E-state index in [1.54, 1.807) is 0 Å². The number of ether oxygens (including phenoxy) is 2. The number of fused-ring (bicyclic) bond motifs is 1. The summed E-state index contributed by atoms with van der Waals surface area (Å²) in [6.07, 6.45) is 0. The number of anilines is 1. The third kappa shape index (κ3) is 4.44. The number of benzene rings is 2. The molecule has 0 unspecified atom stereocenters. The van der Waals surface area contributed by atoms with Crippen LogP contribution in [0, 0.1) is 15.9 Å². The van der Waals surface area contributed by atoms with Gasteiger partial charge < -0.3 is 14.8 Å². The van der Waals surface area contributed by atoms with E-state index >= 15 is 0 Å². The van der Waals surface area contributed by atoms with Gasteiger partial charge in [0.15, 0.2) is 6.61 Å². The zero-order valence-corrected chi connectivity index (χ0v) is 16.3. The first-order valence-electron chi connectivity index (χ1n) is 7.97. The van der Waals surface area contributed by atoms with Crippen LogP contribution in [0.3, 0.4) is 0 Å². The van der Waals surface area contributed by atoms with Gasteiger partial charge in [-0.05, 0) is 30.3 Å². The maximum atomic E-state index is 13.3. The van der Waals surface area contributed by atoms with Crippen molar-refractivity contribution in [3.63, 3.8) is 0 Å². The van der Waals surface area contributed by atoms with Crippen LogP contribution in [-0.4, -0.2) is 30.5 Å². The molecule has 1 amide bonds. The topological polar surface area (TPSA) is 108 Å². The smallest absolute Gasteiger partial charge is 0.350 e. The normalized spacial score (nSPS) is 10.6. The predicted molar refractivity (Wildman–Crippen MR) is 105 cm³/mol. The van der Waals surface area contributed by atoms with Gasteiger partial charge in [-0.15, -0.1) is 11.3 Å². The number of nitrogens with one attached hydrogen (secondary N) is 1. The Kier molecular flexibility index (Phi) is 5.95. The van der Waals surface area contributed by atoms with E-state index in [1.165, 1.54) is 37.4 Å². The zero-order chi connectivity index (χ0) is 21.1. The number of nitro benzene ring substituents is 1. The molecule has 2 aromatic carbocycles. The van der Waals surface area contributed by atoms with Crippen molar-refractivity contribution < 1.29 is 28.4 Å². The molecule has 11 heteroatoms. The number of hydrogen-bond donors (Lipinski definition) is 1. The van der Waals surface area contributed by atoms with Crippen LogP contribution in [0.1, 0.15) is 9.67 Å². The molecular formula is C18H12ClFN2O6S. The summed E-state index contributed by atoms with van der Waals surface area (Å²) in [6, 6.07) is 7.77. The van der Waals surface area contributed by atoms with E-state index in [2.05, 4.69) is 5.32 Å². The molecule has 3 aromatic rings. The molecule has 0 spiro atoms. The second-order valence-electron chi connectivity index (χ2n) is 5.65. The highest BCUT2D eigenvalue weighted by Crippen LogP contribution is 2.36. The molecule has 1 N–H and O–H groups in total. The number of methoxy groups -OCH3 is 1. The molecule has 0 aliphatic heterocycles. The van der Waals surface area contributed by atoms with Crippen LogP contribution in [-0.2, 0) is 9.53 Å². The van der Waals surface area contributed by atoms with Gasteiger partial charge in [0.1, 0.15) is 22.1 Å². The van der Waals surface area contributed by atoms with E-state index in [9.17, 15) is 24.1 Å². The molecule has 3 rings (SSSR count). The molecule has 0 aliphatic carbocycles. The average Bonchev–Trinajstić information content (AvgIpc) is 3.02. The minimum Gasteiger partial charge on any atom is -0.496 e. The Hall–Kier alpha value is -3.24. The molecule has 0 bridgehead atoms. The Labute approximate surface area is 171 Å². The maximum Gasteiger partial charge on any atom is 0.350 e. The lowest BCUT2D eigenvalue weighted by Crippen LogP contribution is -2.21. The van der Waals surface area contributed by atoms with Crippen LogP contribution >= 0.6 is 22.9 Å². The summed E-state index contributed by atoms with van der Waals surface area (Å²) in [6.45, 7) is -0.693. The molecular weight excluding hydrogens is 427 g/mol. The summed E-state index contributed by atoms with van der Waals surface area (Å²) in [5, 5.41) is 14.0. The van der Waals surface area contributed by atoms with E-state index in [1.807, 2.05) is 0 Å². The van der Waals surface area contributed by atoms with Gasteiger partial charge in [-0.25, -0.2) is 9.18 Å². The molecule has 0 aliphatic rings. The van der Waals surface area contributed by atoms with E-state index in [4.69, 9.17) is 21.1 Å². The first-order chi connectivity index (χ1) is 13.8. The highest BCUT2D eigenvalue weighted by molar-refractivity contribution is 7.21. The average molecular weight is 439 g/mol. The van der Waals surface area contributed by atoms with Crippen molar-refractivity contribution in [3.05, 3.63) is 62.2 Å². The second-order valence-corrected chi connectivity index (χ2v) is 7.08. The Morgan fingerprint density at radius 3 is 2.72 bits per heavy atom. The van der Waals surface area contributed by atoms with E-state index in [0.29, 0.717) is 10.1 Å². The fourth-order valence-corrected chi connectivity index (χ4v) is 3.88. The van der Waals surface area contributed by atoms with Gasteiger partial charge in [0.05, 0.1) is 23.1 Å². The van der Waals surface area contributed by atoms with Crippen LogP contribution in [0.25, 0.3) is 10.1 Å². The summed E-state index contributed by atoms with van der Waals surface area (Å²) in [5.41, 5.74) is -0.453. The lowest BCUT2D eigenvalue weighted by atomic mass is 10.2. The van der Waals surface area contributed by atoms with E-state index in [-0.39, 0.29) is 27.0 Å². The SMILES string of the molecule is COc1ccc(NC(=O)COC(=O)c2sc3cc(F)ccc3c2Cl)c([N+](=O)[O-])c1. The largest absolute Gasteiger partial charge is 0.496 e. The minimum absolute atomic E-state index is 0.0236. The molecule has 0 saturated heterocycles. The van der Waals surface area contributed by atoms with Crippen molar-refractivity contribution in [1.82, 2.24) is 0 Å². The monoisotopic (exact) mass is 438 g/mol. The van der Waals surface area contributed by atoms with Gasteiger partial charge in [0.25, 0.3) is 11.6 Å². The number of halogens is 2. The summed E-state index contributed by atoms with van der Waals surface area (Å²) >= 11 is 7.06. The van der Waals surface area contributed by atoms with Crippen molar-refractivity contribution in [2.45, 2.75) is 0 Å². The van der Waals surface area contributed by atoms with Gasteiger partial charge in [0.2, 0.25) is 0 Å². The number of amides is 1. The zero-order valence-electron chi connectivity index (χ0n) is 14.7. The number of nitro groups is 1. The lowest BCUT2D eigenvalue weighted by Gasteiger charge is -2.08. The number of nitrogens with zero attached hydrogens (tertiary/aromatic N) is 1. The molecule has 0 saturated carbocycles. The quantitative estimate of drug-likeness (QED) is 0.347. The Morgan fingerprint density at radius 1 is 1.28 bits per heavy atom. The molecule has 0 fully saturated rings. The first kappa shape index (κ1) is 20.5. The van der Waals surface area contributed by atoms with Crippen LogP contribution in [0.5, 0.6) is 5.75 Å². The van der Waals surface area contributed by atoms with Crippen molar-refractivity contribution in [1.29, 1.82) is 0 Å². The maximum absolute atomic E-state index is 13.3. The van der Waals surface area contributed by atoms with Crippen molar-refractivity contribution in [2.24, 2.45) is 0 Å². The Bertz CT molecular complexity index is 1130. The predicted octanol–water partition coefficient (Wildman–Crippen LogP) is 4.41. The standard InChI is InChI=1S/C18H12ClFN2O6S/c1-27-10-3-5-12(13(7-10)22(25)26)21-15(23)8-28-18(24)17-16(19)11-4-2-9(20)6-14(11)29-17/h2-7H,8H2,1H3,(H,21,23). The first-order valence-corrected chi connectivity index (χ1v) is 9.16. The van der Waals surface area contributed by atoms with Gasteiger partial charge in [-0.1, -0.05) is 11.6 Å². The summed E-state index contributed by atoms with van der Waals surface area (Å²) in [5.74, 6) is -1.88. The molecule has 0 radical (unpaired) electrons. The number of thiophene rings is 1. The van der Waals surface area contributed by atoms with Crippen molar-refractivity contribution >= 4 is 56.3 Å². The second kappa shape index (κ2) is 8.41. The van der Waals surface area contributed by atoms with E-state index in [0.717, 1.165) is 17.4 Å². The molecule has 0 atom stereocenters. The van der Waals surface area contributed by atoms with Crippen molar-refractivity contribution in [2.75, 3.05) is 19.0 Å². The number of esters is 1. The van der Waals surface area contributed by atoms with Crippen LogP contribution in [0.2, 0.25) is 5.02 Å². The van der Waals surface area contributed by atoms with Gasteiger partial charge >= 0.3 is 5.97 Å². The minimum atomic E-state index is -0.865. The highest BCUT2D eigenvalue weighted by atomic mass is 35.5. The van der Waals surface area contributed by atoms with Crippen LogP contribution in [0.4, 0.5) is 15.8 Å². The van der Waals surface area contributed by atoms with E-state index < -0.39 is 29.2 Å². The lowest BCUT2D eigenvalue weighted by molar-refractivity contribution is -0.384. The molecule has 1 aromatic heterocycles. The van der Waals surface area contributed by atoms with Gasteiger partial charge in [-0.3, -0.25) is 14.9 Å². The summed E-state index contributed by atoms with van der Waals surface area (Å²) < 4.78 is 23.6. The number of carbonyl (C=O) groups is 2. The van der Waals surface area contributed by atoms with Crippen LogP contribution < -0.4 is 10.1 Å². The van der Waals surface area contributed by atoms with Crippen LogP contribution in [0.15, 0.2) is 36.4 Å². The number of hydrogen-bond acceptors (Lipinski definition) is 7. The molecule has 29 heavy (non-hydrogen) atoms. The molecule has 8 nitrogen and oxygen atoms in total. The highest BCUT2D eigenvalue weighted by Gasteiger charge is 2.21. The molecule has 1 heterocycles. The Balaban J connectivity index is 1.69. The third-order valence-corrected chi connectivity index (χ3v) is 5.42. The number of carbonyl (C=O) groups excluding carboxylic acids is 2. The fraction of sp³-hybridized carbons (Fsp3) is 0.111. The number of rotatable bonds is 6. The Morgan fingerprint density at radius 2 is 2.03 bits per heavy atom. The van der Waals surface area contributed by atoms with Gasteiger partial charge in [-0.2, -0.15) is 0 Å².